The Morgan fingerprint density at radius 1 is 1.25 bits per heavy atom. The number of non-ortho nitro benzene ring substituents is 1. The summed E-state index contributed by atoms with van der Waals surface area (Å²) in [6, 6.07) is 5.60. The molecule has 0 aliphatic heterocycles. The first-order chi connectivity index (χ1) is 11.3. The molecule has 0 aliphatic carbocycles. The smallest absolute Gasteiger partial charge is 0.394 e. The van der Waals surface area contributed by atoms with Crippen molar-refractivity contribution < 1.29 is 24.4 Å². The van der Waals surface area contributed by atoms with Gasteiger partial charge in [-0.05, 0) is 38.5 Å². The van der Waals surface area contributed by atoms with Crippen molar-refractivity contribution in [2.75, 3.05) is 19.8 Å². The molecule has 24 heavy (non-hydrogen) atoms. The average Bonchev–Trinajstić information content (AvgIpc) is 2.53. The fraction of sp³-hybridized carbons (Fsp3) is 0.375. The van der Waals surface area contributed by atoms with Gasteiger partial charge in [-0.15, -0.1) is 0 Å². The summed E-state index contributed by atoms with van der Waals surface area (Å²) < 4.78 is 5.21. The van der Waals surface area contributed by atoms with E-state index in [0.29, 0.717) is 23.4 Å². The molecule has 0 saturated carbocycles. The number of hydrogen-bond donors (Lipinski definition) is 1. The number of nitrogens with zero attached hydrogens (tertiary/aromatic N) is 2. The van der Waals surface area contributed by atoms with Crippen molar-refractivity contribution in [2.45, 2.75) is 20.8 Å². The van der Waals surface area contributed by atoms with E-state index in [9.17, 15) is 19.7 Å². The second kappa shape index (κ2) is 8.78. The molecule has 1 N–H and O–H groups in total. The third kappa shape index (κ3) is 4.88. The molecule has 0 bridgehead atoms. The maximum absolute atomic E-state index is 12.1. The third-order valence-electron chi connectivity index (χ3n) is 3.19. The summed E-state index contributed by atoms with van der Waals surface area (Å²) in [5, 5.41) is 19.8. The lowest BCUT2D eigenvalue weighted by Gasteiger charge is -2.25. The van der Waals surface area contributed by atoms with E-state index in [-0.39, 0.29) is 18.8 Å². The van der Waals surface area contributed by atoms with Crippen LogP contribution in [0.5, 0.6) is 0 Å². The number of hydrogen-bond acceptors (Lipinski definition) is 5. The second-order valence-electron chi connectivity index (χ2n) is 5.11. The van der Waals surface area contributed by atoms with Crippen molar-refractivity contribution in [3.8, 4) is 0 Å². The number of allylic oxidation sites excluding steroid dienone is 1. The molecule has 1 aromatic carbocycles. The van der Waals surface area contributed by atoms with Crippen LogP contribution in [-0.4, -0.2) is 46.6 Å². The quantitative estimate of drug-likeness (QED) is 0.354. The summed E-state index contributed by atoms with van der Waals surface area (Å²) in [6.45, 7) is 5.95. The number of benzene rings is 1. The van der Waals surface area contributed by atoms with Crippen molar-refractivity contribution >= 4 is 23.3 Å². The minimum atomic E-state index is -1.58. The molecule has 1 rings (SSSR count). The van der Waals surface area contributed by atoms with Gasteiger partial charge in [0.05, 0.1) is 17.2 Å². The van der Waals surface area contributed by atoms with Crippen LogP contribution in [0.3, 0.4) is 0 Å². The van der Waals surface area contributed by atoms with Gasteiger partial charge in [-0.25, -0.2) is 4.79 Å². The number of ether oxygens (including phenoxy) is 1. The predicted molar refractivity (Wildman–Crippen MR) is 87.2 cm³/mol. The van der Waals surface area contributed by atoms with E-state index < -0.39 is 16.8 Å². The van der Waals surface area contributed by atoms with E-state index >= 15 is 0 Å². The summed E-state index contributed by atoms with van der Waals surface area (Å²) >= 11 is 0. The highest BCUT2D eigenvalue weighted by Gasteiger charge is 2.26. The molecular weight excluding hydrogens is 316 g/mol. The van der Waals surface area contributed by atoms with Crippen molar-refractivity contribution in [2.24, 2.45) is 0 Å². The van der Waals surface area contributed by atoms with Gasteiger partial charge in [0.15, 0.2) is 0 Å². The number of aliphatic carboxylic acids is 1. The number of carboxylic acid groups (broad SMARTS) is 1. The largest absolute Gasteiger partial charge is 0.474 e. The lowest BCUT2D eigenvalue weighted by molar-refractivity contribution is -0.384. The monoisotopic (exact) mass is 336 g/mol. The minimum absolute atomic E-state index is 0.0659. The number of rotatable bonds is 7. The summed E-state index contributed by atoms with van der Waals surface area (Å²) in [7, 11) is 0. The number of carbonyl (C=O) groups is 2. The Kier molecular flexibility index (Phi) is 7.06. The minimum Gasteiger partial charge on any atom is -0.474 e. The fourth-order valence-electron chi connectivity index (χ4n) is 2.19. The molecule has 0 saturated heterocycles. The maximum Gasteiger partial charge on any atom is 0.394 e. The van der Waals surface area contributed by atoms with Gasteiger partial charge in [0.2, 0.25) is 0 Å². The number of carbonyl (C=O) groups excluding carboxylic acids is 1. The molecule has 0 aromatic heterocycles. The molecule has 1 aromatic rings. The van der Waals surface area contributed by atoms with Gasteiger partial charge in [-0.2, -0.15) is 0 Å². The molecule has 0 unspecified atom stereocenters. The Morgan fingerprint density at radius 3 is 2.25 bits per heavy atom. The Hall–Kier alpha value is -2.74. The zero-order valence-electron chi connectivity index (χ0n) is 13.8. The van der Waals surface area contributed by atoms with E-state index in [1.54, 1.807) is 20.8 Å². The molecule has 0 heterocycles. The highest BCUT2D eigenvalue weighted by molar-refractivity contribution is 6.33. The van der Waals surface area contributed by atoms with Crippen molar-refractivity contribution in [1.82, 2.24) is 4.90 Å². The Balaban J connectivity index is 3.26. The fourth-order valence-corrected chi connectivity index (χ4v) is 2.19. The standard InChI is InChI=1S/C16H20N2O6/c1-4-24-10-9-17(15(19)16(20)21)14(11(2)3)12-5-7-13(8-6-12)18(22)23/h5-8H,4,9-10H2,1-3H3,(H,20,21). The van der Waals surface area contributed by atoms with E-state index in [0.717, 1.165) is 4.90 Å². The van der Waals surface area contributed by atoms with Crippen LogP contribution in [0.2, 0.25) is 0 Å². The van der Waals surface area contributed by atoms with Crippen LogP contribution in [0.15, 0.2) is 29.8 Å². The molecule has 0 radical (unpaired) electrons. The SMILES string of the molecule is CCOCCN(C(=O)C(=O)O)C(=C(C)C)c1ccc([N+](=O)[O-])cc1. The van der Waals surface area contributed by atoms with Crippen molar-refractivity contribution in [3.63, 3.8) is 0 Å². The lowest BCUT2D eigenvalue weighted by atomic mass is 10.1. The van der Waals surface area contributed by atoms with Crippen LogP contribution in [0, 0.1) is 10.1 Å². The zero-order chi connectivity index (χ0) is 18.3. The number of nitro groups is 1. The lowest BCUT2D eigenvalue weighted by Crippen LogP contribution is -2.38. The van der Waals surface area contributed by atoms with Gasteiger partial charge in [-0.3, -0.25) is 19.8 Å². The van der Waals surface area contributed by atoms with Crippen LogP contribution in [-0.2, 0) is 14.3 Å². The normalized spacial score (nSPS) is 10.1. The molecule has 0 spiro atoms. The topological polar surface area (TPSA) is 110 Å². The summed E-state index contributed by atoms with van der Waals surface area (Å²) in [5.41, 5.74) is 1.54. The van der Waals surface area contributed by atoms with Gasteiger partial charge in [0.1, 0.15) is 0 Å². The summed E-state index contributed by atoms with van der Waals surface area (Å²) in [5.74, 6) is -2.66. The molecule has 0 atom stereocenters. The molecular formula is C16H20N2O6. The first-order valence-corrected chi connectivity index (χ1v) is 7.34. The average molecular weight is 336 g/mol. The van der Waals surface area contributed by atoms with Crippen LogP contribution in [0.4, 0.5) is 5.69 Å². The summed E-state index contributed by atoms with van der Waals surface area (Å²) in [4.78, 5) is 34.5. The predicted octanol–water partition coefficient (Wildman–Crippen LogP) is 2.30. The van der Waals surface area contributed by atoms with Gasteiger partial charge in [0.25, 0.3) is 5.69 Å². The Bertz CT molecular complexity index is 647. The van der Waals surface area contributed by atoms with Gasteiger partial charge in [-0.1, -0.05) is 5.57 Å². The van der Waals surface area contributed by atoms with E-state index in [4.69, 9.17) is 9.84 Å². The van der Waals surface area contributed by atoms with E-state index in [2.05, 4.69) is 0 Å². The summed E-state index contributed by atoms with van der Waals surface area (Å²) in [6.07, 6.45) is 0. The molecule has 0 fully saturated rings. The molecule has 8 nitrogen and oxygen atoms in total. The van der Waals surface area contributed by atoms with Gasteiger partial charge in [0, 0.05) is 25.3 Å². The first kappa shape index (κ1) is 19.3. The molecule has 0 aliphatic rings. The number of nitro benzene ring substituents is 1. The maximum atomic E-state index is 12.1. The van der Waals surface area contributed by atoms with Crippen LogP contribution in [0.1, 0.15) is 26.3 Å². The zero-order valence-corrected chi connectivity index (χ0v) is 13.8. The van der Waals surface area contributed by atoms with E-state index in [1.165, 1.54) is 24.3 Å². The van der Waals surface area contributed by atoms with Crippen molar-refractivity contribution in [1.29, 1.82) is 0 Å². The van der Waals surface area contributed by atoms with Crippen LogP contribution < -0.4 is 0 Å². The third-order valence-corrected chi connectivity index (χ3v) is 3.19. The molecule has 130 valence electrons. The molecule has 8 heteroatoms. The van der Waals surface area contributed by atoms with Crippen molar-refractivity contribution in [3.05, 3.63) is 45.5 Å². The number of amides is 1. The first-order valence-electron chi connectivity index (χ1n) is 7.34. The highest BCUT2D eigenvalue weighted by Crippen LogP contribution is 2.25. The Labute approximate surface area is 139 Å². The van der Waals surface area contributed by atoms with Crippen LogP contribution >= 0.6 is 0 Å². The molecule has 1 amide bonds. The highest BCUT2D eigenvalue weighted by atomic mass is 16.6. The second-order valence-corrected chi connectivity index (χ2v) is 5.11. The van der Waals surface area contributed by atoms with Crippen LogP contribution in [0.25, 0.3) is 5.70 Å². The van der Waals surface area contributed by atoms with Gasteiger partial charge >= 0.3 is 11.9 Å². The van der Waals surface area contributed by atoms with E-state index in [1.807, 2.05) is 0 Å². The van der Waals surface area contributed by atoms with Gasteiger partial charge < -0.3 is 9.84 Å². The number of carboxylic acids is 1. The Morgan fingerprint density at radius 2 is 1.83 bits per heavy atom.